The average molecular weight is 1660 g/mol. The predicted octanol–water partition coefficient (Wildman–Crippen LogP) is 15.7. The maximum Gasteiger partial charge on any atom is 1.00 e. The number of para-hydroxylation sites is 4. The van der Waals surface area contributed by atoms with Gasteiger partial charge in [-0.2, -0.15) is 0 Å². The number of esters is 2. The summed E-state index contributed by atoms with van der Waals surface area (Å²) in [4.78, 5) is 79.1. The monoisotopic (exact) mass is 1650 g/mol. The van der Waals surface area contributed by atoms with Gasteiger partial charge in [0.25, 0.3) is 13.9 Å². The second-order valence-electron chi connectivity index (χ2n) is 24.7. The number of hydrogen-bond acceptors (Lipinski definition) is 16. The summed E-state index contributed by atoms with van der Waals surface area (Å²) in [6.07, 6.45) is 1.75. The first-order valence-electron chi connectivity index (χ1n) is 36.6. The number of hydrogen-bond donors (Lipinski definition) is 4. The first-order valence-corrected chi connectivity index (χ1v) is 37.1. The molecule has 0 saturated heterocycles. The van der Waals surface area contributed by atoms with E-state index in [1.54, 1.807) is 18.2 Å². The zero-order valence-electron chi connectivity index (χ0n) is 66.9. The molecule has 10 aromatic carbocycles. The van der Waals surface area contributed by atoms with Crippen LogP contribution in [-0.4, -0.2) is 82.9 Å². The third-order valence-electron chi connectivity index (χ3n) is 18.0. The average Bonchev–Trinajstić information content (AvgIpc) is 0.793. The van der Waals surface area contributed by atoms with E-state index in [4.69, 9.17) is 59.2 Å². The van der Waals surface area contributed by atoms with E-state index in [1.165, 1.54) is 24.7 Å². The van der Waals surface area contributed by atoms with Gasteiger partial charge in [-0.05, 0) is 81.5 Å². The van der Waals surface area contributed by atoms with Gasteiger partial charge in [0.15, 0.2) is 0 Å². The first-order chi connectivity index (χ1) is 57.1. The summed E-state index contributed by atoms with van der Waals surface area (Å²) in [6, 6.07) is 88.0. The largest absolute Gasteiger partial charge is 1.00 e. The number of methoxy groups -OCH3 is 2. The van der Waals surface area contributed by atoms with E-state index in [0.29, 0.717) is 83.1 Å². The minimum Gasteiger partial charge on any atom is -0.870 e. The molecular formula is C88H79BBrLiN18NaO9. The van der Waals surface area contributed by atoms with Gasteiger partial charge in [0.1, 0.15) is 0 Å². The van der Waals surface area contributed by atoms with Gasteiger partial charge in [0, 0.05) is 76.8 Å². The van der Waals surface area contributed by atoms with Crippen molar-refractivity contribution in [2.45, 2.75) is 63.7 Å². The molecule has 119 heavy (non-hydrogen) atoms. The van der Waals surface area contributed by atoms with Crippen LogP contribution in [0.4, 0.5) is 0 Å². The van der Waals surface area contributed by atoms with Crippen LogP contribution >= 0.6 is 15.9 Å². The van der Waals surface area contributed by atoms with Crippen LogP contribution < -0.4 is 59.5 Å². The van der Waals surface area contributed by atoms with E-state index in [2.05, 4.69) is 80.3 Å². The molecule has 1 radical (unpaired) electrons. The van der Waals surface area contributed by atoms with Gasteiger partial charge >= 0.3 is 66.3 Å². The number of aromatic carboxylic acids is 1. The summed E-state index contributed by atoms with van der Waals surface area (Å²) in [5.41, 5.74) is 60.7. The Morgan fingerprint density at radius 2 is 0.714 bits per heavy atom. The number of carboxylic acids is 1. The fraction of sp³-hybridized carbons (Fsp3) is 0.136. The Hall–Kier alpha value is -13.0. The van der Waals surface area contributed by atoms with Crippen molar-refractivity contribution in [2.75, 3.05) is 14.2 Å². The number of nitrogens with one attached hydrogen (secondary N) is 1. The summed E-state index contributed by atoms with van der Waals surface area (Å²) < 4.78 is 15.6. The normalized spacial score (nSPS) is 10.4. The van der Waals surface area contributed by atoms with Crippen molar-refractivity contribution < 1.29 is 92.7 Å². The molecule has 0 aliphatic heterocycles. The minimum absolute atomic E-state index is 0. The topological polar surface area (TPSA) is 452 Å². The number of nitrogens with zero attached hydrogens (tertiary/aromatic N) is 16. The SMILES string of the molecule is CC[C@@H](NC(=O)c1c(CN=[N+]=[N-])c(-c2ccccc2)nc2ccccc12)c1ccccc1.CC[C@H](N)c1ccccc1.COC(=O)c1c(CBr)c(-c2ccccc2)nc2ccccc12.COC(=O)c1c(CN=[N+]=[N-])c(-c2ccccc2)nc2ccccc12.[3H][B]O.[Li+].[N-]=[N+]=NCc1c(-c2ccccc2)nc2ccccc2c1C(=O)O.[N-]=[N+]=[N-].[Na+].[OH-]. The Bertz CT molecular complexity index is 5920. The number of ether oxygens (including phenoxy) is 2. The molecule has 0 fully saturated rings. The van der Waals surface area contributed by atoms with Crippen LogP contribution in [0.2, 0.25) is 0 Å². The number of benzene rings is 10. The summed E-state index contributed by atoms with van der Waals surface area (Å²) in [6.45, 7) is 4.11. The Morgan fingerprint density at radius 3 is 1.01 bits per heavy atom. The van der Waals surface area contributed by atoms with Crippen molar-refractivity contribution in [2.24, 2.45) is 21.1 Å². The van der Waals surface area contributed by atoms with Gasteiger partial charge in [0.05, 0.1) is 107 Å². The van der Waals surface area contributed by atoms with Crippen molar-refractivity contribution in [3.8, 4) is 45.0 Å². The molecule has 4 heterocycles. The fourth-order valence-corrected chi connectivity index (χ4v) is 13.2. The zero-order chi connectivity index (χ0) is 83.9. The molecule has 2 atom stereocenters. The molecule has 0 saturated carbocycles. The molecule has 31 heteroatoms. The van der Waals surface area contributed by atoms with Gasteiger partial charge < -0.3 is 47.2 Å². The van der Waals surface area contributed by atoms with E-state index in [-0.39, 0.29) is 111 Å². The molecule has 4 aromatic heterocycles. The van der Waals surface area contributed by atoms with Gasteiger partial charge in [-0.3, -0.25) is 9.71 Å². The number of aromatic nitrogens is 4. The third kappa shape index (κ3) is 25.5. The Labute approximate surface area is 731 Å². The van der Waals surface area contributed by atoms with Crippen LogP contribution in [0.1, 0.15) is 114 Å². The maximum atomic E-state index is 13.7. The number of nitrogens with two attached hydrogens (primary N) is 1. The molecule has 0 spiro atoms. The summed E-state index contributed by atoms with van der Waals surface area (Å²) in [5, 5.41) is 34.2. The van der Waals surface area contributed by atoms with Crippen molar-refractivity contribution in [3.63, 3.8) is 0 Å². The molecule has 0 unspecified atom stereocenters. The Balaban J connectivity index is 0.000000268. The minimum atomic E-state index is -1.07. The van der Waals surface area contributed by atoms with Crippen LogP contribution in [0.15, 0.2) is 294 Å². The molecular weight excluding hydrogens is 1570 g/mol. The summed E-state index contributed by atoms with van der Waals surface area (Å²) in [5.74, 6) is -2.09. The standard InChI is InChI=1S/C26H23N5O.C18H14BrNO2.C18H14N4O2.C17H12N4O2.C9H13N.BH2O.Li.N3.Na.H2O/c1-2-22(18-11-5-3-6-12-18)30-26(32)24-20-15-9-10-16-23(20)29-25(21(24)17-28-31-27)19-13-7-4-8-14-19;1-22-18(21)16-13-9-5-6-10-15(13)20-17(14(16)11-19)12-7-3-2-4-8-12;1-24-18(23)16-13-9-5-6-10-15(13)21-17(14(16)11-20-22-19)12-7-3-2-4-8-12;18-21-19-10-13-15(17(22)23)12-8-4-5-9-14(12)20-16(13)11-6-2-1-3-7-11;1-2-9(10)8-6-4-3-5-7-8;1-2;;1-3-2;;/h3-16,22H,2,17H2,1H3,(H,30,32);2-10H,11H2,1H3;2-10H,11H2,1H3;1-9H,10H2,(H,22,23);3-7,9H,2,10H2,1H3;1-2H;;;;1H2/q;;;;;;+1;-1;+1;/p-1/t22-;;;;9-;;;;;/m1...0...../s1/i;;;;;1T;;;;. The van der Waals surface area contributed by atoms with Gasteiger partial charge in [-0.25, -0.2) is 34.3 Å². The number of carbonyl (C=O) groups is 4. The molecule has 6 N–H and O–H groups in total. The van der Waals surface area contributed by atoms with Crippen molar-refractivity contribution in [1.29, 1.82) is 1.34 Å². The fourth-order valence-electron chi connectivity index (χ4n) is 12.7. The van der Waals surface area contributed by atoms with Crippen LogP contribution in [0.5, 0.6) is 0 Å². The first kappa shape index (κ1) is 94.8. The quantitative estimate of drug-likeness (QED) is 0.0138. The molecule has 1 amide bonds. The second-order valence-corrected chi connectivity index (χ2v) is 25.3. The van der Waals surface area contributed by atoms with E-state index in [9.17, 15) is 24.3 Å². The number of azide groups is 3. The maximum absolute atomic E-state index is 13.7. The Kier molecular flexibility index (Phi) is 40.8. The molecule has 0 bridgehead atoms. The van der Waals surface area contributed by atoms with E-state index >= 15 is 0 Å². The number of alkyl halides is 1. The van der Waals surface area contributed by atoms with Crippen LogP contribution in [-0.2, 0) is 34.4 Å². The number of pyridine rings is 4. The predicted molar refractivity (Wildman–Crippen MR) is 462 cm³/mol. The molecule has 0 aliphatic rings. The number of carbonyl (C=O) groups excluding carboxylic acids is 3. The molecule has 14 aromatic rings. The van der Waals surface area contributed by atoms with Crippen molar-refractivity contribution in [3.05, 3.63) is 382 Å². The summed E-state index contributed by atoms with van der Waals surface area (Å²) >= 11 is 3.49. The number of carboxylic acid groups (broad SMARTS) is 1. The zero-order valence-corrected chi connectivity index (χ0v) is 69.5. The third-order valence-corrected chi connectivity index (χ3v) is 18.5. The van der Waals surface area contributed by atoms with E-state index in [1.807, 2.05) is 256 Å². The van der Waals surface area contributed by atoms with Gasteiger partial charge in [-0.1, -0.05) is 300 Å². The molecule has 27 nitrogen and oxygen atoms in total. The van der Waals surface area contributed by atoms with Crippen molar-refractivity contribution in [1.82, 2.24) is 25.3 Å². The van der Waals surface area contributed by atoms with Gasteiger partial charge in [-0.15, -0.1) is 0 Å². The Morgan fingerprint density at radius 1 is 0.454 bits per heavy atom. The van der Waals surface area contributed by atoms with Gasteiger partial charge in [0.2, 0.25) is 0 Å². The number of amides is 1. The summed E-state index contributed by atoms with van der Waals surface area (Å²) in [7, 11) is 2.98. The molecule has 0 aliphatic carbocycles. The molecule has 587 valence electrons. The smallest absolute Gasteiger partial charge is 0.870 e. The second kappa shape index (κ2) is 51.1. The van der Waals surface area contributed by atoms with Crippen LogP contribution in [0, 0.1) is 0 Å². The number of halogens is 1. The van der Waals surface area contributed by atoms with E-state index in [0.717, 1.165) is 68.2 Å². The number of rotatable bonds is 20. The van der Waals surface area contributed by atoms with E-state index < -0.39 is 11.9 Å². The number of fused-ring (bicyclic) bond motifs is 4. The van der Waals surface area contributed by atoms with Crippen LogP contribution in [0.25, 0.3) is 136 Å². The van der Waals surface area contributed by atoms with Crippen molar-refractivity contribution >= 4 is 91.4 Å². The molecule has 14 rings (SSSR count). The van der Waals surface area contributed by atoms with Crippen LogP contribution in [0.3, 0.4) is 0 Å².